The van der Waals surface area contributed by atoms with E-state index in [0.717, 1.165) is 0 Å². The van der Waals surface area contributed by atoms with E-state index in [1.807, 2.05) is 0 Å². The van der Waals surface area contributed by atoms with Gasteiger partial charge in [-0.1, -0.05) is 12.1 Å². The number of pyridine rings is 1. The van der Waals surface area contributed by atoms with Gasteiger partial charge in [-0.3, -0.25) is 14.7 Å². The maximum Gasteiger partial charge on any atom is 0.401 e. The summed E-state index contributed by atoms with van der Waals surface area (Å²) >= 11 is 0. The number of nitrogens with one attached hydrogen (secondary N) is 1. The number of piperidine rings is 1. The van der Waals surface area contributed by atoms with Gasteiger partial charge in [0.25, 0.3) is 5.91 Å². The number of halogens is 4. The fourth-order valence-electron chi connectivity index (χ4n) is 3.11. The summed E-state index contributed by atoms with van der Waals surface area (Å²) in [6.45, 7) is -0.348. The van der Waals surface area contributed by atoms with Crippen molar-refractivity contribution in [3.05, 3.63) is 54.0 Å². The van der Waals surface area contributed by atoms with E-state index in [9.17, 15) is 22.4 Å². The predicted molar refractivity (Wildman–Crippen MR) is 92.6 cm³/mol. The maximum atomic E-state index is 13.8. The minimum Gasteiger partial charge on any atom is -0.349 e. The average Bonchev–Trinajstić information content (AvgIpc) is 2.63. The van der Waals surface area contributed by atoms with E-state index in [4.69, 9.17) is 0 Å². The highest BCUT2D eigenvalue weighted by atomic mass is 19.4. The molecule has 1 amide bonds. The number of hydrogen-bond donors (Lipinski definition) is 1. The molecule has 1 aliphatic heterocycles. The van der Waals surface area contributed by atoms with Crippen LogP contribution in [-0.2, 0) is 0 Å². The Morgan fingerprint density at radius 3 is 2.44 bits per heavy atom. The third-order valence-electron chi connectivity index (χ3n) is 4.50. The molecule has 0 atom stereocenters. The van der Waals surface area contributed by atoms with Crippen LogP contribution in [0, 0.1) is 5.82 Å². The molecule has 3 rings (SSSR count). The molecule has 0 radical (unpaired) electrons. The van der Waals surface area contributed by atoms with E-state index in [0.29, 0.717) is 29.7 Å². The van der Waals surface area contributed by atoms with Crippen LogP contribution in [0.5, 0.6) is 0 Å². The number of carbonyl (C=O) groups is 1. The molecule has 8 heteroatoms. The summed E-state index contributed by atoms with van der Waals surface area (Å²) in [4.78, 5) is 17.8. The molecule has 1 fully saturated rings. The molecule has 1 N–H and O–H groups in total. The van der Waals surface area contributed by atoms with Gasteiger partial charge in [0.1, 0.15) is 5.82 Å². The molecular weight excluding hydrogens is 362 g/mol. The summed E-state index contributed by atoms with van der Waals surface area (Å²) in [7, 11) is 0. The van der Waals surface area contributed by atoms with Gasteiger partial charge in [-0.25, -0.2) is 4.39 Å². The number of amides is 1. The zero-order valence-corrected chi connectivity index (χ0v) is 14.5. The normalized spacial score (nSPS) is 16.3. The number of benzene rings is 1. The number of likely N-dealkylation sites (tertiary alicyclic amines) is 1. The molecule has 0 bridgehead atoms. The first-order chi connectivity index (χ1) is 12.8. The Morgan fingerprint density at radius 2 is 1.85 bits per heavy atom. The number of alkyl halides is 3. The minimum absolute atomic E-state index is 0.173. The van der Waals surface area contributed by atoms with Crippen molar-refractivity contribution in [2.24, 2.45) is 0 Å². The third kappa shape index (κ3) is 5.26. The number of nitrogens with zero attached hydrogens (tertiary/aromatic N) is 2. The lowest BCUT2D eigenvalue weighted by Gasteiger charge is -2.32. The zero-order chi connectivity index (χ0) is 19.4. The van der Waals surface area contributed by atoms with E-state index < -0.39 is 18.5 Å². The van der Waals surface area contributed by atoms with Crippen LogP contribution in [0.3, 0.4) is 0 Å². The fraction of sp³-hybridized carbons (Fsp3) is 0.368. The first-order valence-electron chi connectivity index (χ1n) is 8.63. The Labute approximate surface area is 154 Å². The van der Waals surface area contributed by atoms with E-state index in [1.165, 1.54) is 17.2 Å². The molecule has 144 valence electrons. The second kappa shape index (κ2) is 8.04. The van der Waals surface area contributed by atoms with Crippen molar-refractivity contribution in [2.45, 2.75) is 25.1 Å². The lowest BCUT2D eigenvalue weighted by atomic mass is 10.0. The van der Waals surface area contributed by atoms with Crippen LogP contribution in [-0.4, -0.2) is 47.6 Å². The molecule has 1 aromatic heterocycles. The highest BCUT2D eigenvalue weighted by molar-refractivity contribution is 5.94. The van der Waals surface area contributed by atoms with Crippen molar-refractivity contribution in [3.8, 4) is 11.3 Å². The molecule has 2 heterocycles. The summed E-state index contributed by atoms with van der Waals surface area (Å²) in [5.74, 6) is -0.732. The van der Waals surface area contributed by atoms with Crippen molar-refractivity contribution in [1.82, 2.24) is 15.2 Å². The van der Waals surface area contributed by atoms with Gasteiger partial charge in [0.2, 0.25) is 0 Å². The molecule has 1 aromatic carbocycles. The smallest absolute Gasteiger partial charge is 0.349 e. The molecule has 2 aromatic rings. The molecular formula is C19H19F4N3O. The van der Waals surface area contributed by atoms with E-state index in [2.05, 4.69) is 10.3 Å². The van der Waals surface area contributed by atoms with Gasteiger partial charge in [0, 0.05) is 30.9 Å². The Morgan fingerprint density at radius 1 is 1.15 bits per heavy atom. The first-order valence-corrected chi connectivity index (χ1v) is 8.63. The average molecular weight is 381 g/mol. The van der Waals surface area contributed by atoms with Crippen molar-refractivity contribution in [1.29, 1.82) is 0 Å². The quantitative estimate of drug-likeness (QED) is 0.823. The van der Waals surface area contributed by atoms with Crippen molar-refractivity contribution < 1.29 is 22.4 Å². The minimum atomic E-state index is -4.21. The second-order valence-electron chi connectivity index (χ2n) is 6.55. The highest BCUT2D eigenvalue weighted by Gasteiger charge is 2.32. The molecule has 1 saturated heterocycles. The lowest BCUT2D eigenvalue weighted by molar-refractivity contribution is -0.148. The summed E-state index contributed by atoms with van der Waals surface area (Å²) in [5.41, 5.74) is 1.10. The second-order valence-corrected chi connectivity index (χ2v) is 6.55. The number of aromatic nitrogens is 1. The van der Waals surface area contributed by atoms with Crippen LogP contribution in [0.4, 0.5) is 17.6 Å². The van der Waals surface area contributed by atoms with Crippen molar-refractivity contribution in [2.75, 3.05) is 19.6 Å². The highest BCUT2D eigenvalue weighted by Crippen LogP contribution is 2.21. The SMILES string of the molecule is O=C(NC1CCN(CC(F)(F)F)CC1)c1ccc(-c2ccccc2F)nc1. The maximum absolute atomic E-state index is 13.8. The largest absolute Gasteiger partial charge is 0.401 e. The van der Waals surface area contributed by atoms with Crippen molar-refractivity contribution >= 4 is 5.91 Å². The fourth-order valence-corrected chi connectivity index (χ4v) is 3.11. The Kier molecular flexibility index (Phi) is 5.74. The van der Waals surface area contributed by atoms with E-state index in [1.54, 1.807) is 30.3 Å². The van der Waals surface area contributed by atoms with E-state index >= 15 is 0 Å². The zero-order valence-electron chi connectivity index (χ0n) is 14.5. The number of hydrogen-bond acceptors (Lipinski definition) is 3. The number of rotatable bonds is 4. The summed E-state index contributed by atoms with van der Waals surface area (Å²) in [6.07, 6.45) is -1.91. The molecule has 1 aliphatic rings. The Bertz CT molecular complexity index is 784. The molecule has 0 aliphatic carbocycles. The van der Waals surface area contributed by atoms with Gasteiger partial charge in [0.05, 0.1) is 17.8 Å². The van der Waals surface area contributed by atoms with Crippen LogP contribution in [0.2, 0.25) is 0 Å². The molecule has 27 heavy (non-hydrogen) atoms. The van der Waals surface area contributed by atoms with Crippen LogP contribution in [0.15, 0.2) is 42.6 Å². The molecule has 0 unspecified atom stereocenters. The van der Waals surface area contributed by atoms with Gasteiger partial charge in [-0.15, -0.1) is 0 Å². The predicted octanol–water partition coefficient (Wildman–Crippen LogP) is 3.64. The van der Waals surface area contributed by atoms with E-state index in [-0.39, 0.29) is 25.0 Å². The molecule has 0 saturated carbocycles. The van der Waals surface area contributed by atoms with Gasteiger partial charge in [-0.2, -0.15) is 13.2 Å². The first kappa shape index (κ1) is 19.3. The standard InChI is InChI=1S/C19H19F4N3O/c20-16-4-2-1-3-15(16)17-6-5-13(11-24-17)18(27)25-14-7-9-26(10-8-14)12-19(21,22)23/h1-6,11,14H,7-10,12H2,(H,25,27). The Balaban J connectivity index is 1.55. The van der Waals surface area contributed by atoms with Gasteiger partial charge in [0.15, 0.2) is 0 Å². The monoisotopic (exact) mass is 381 g/mol. The van der Waals surface area contributed by atoms with Crippen LogP contribution in [0.1, 0.15) is 23.2 Å². The summed E-state index contributed by atoms with van der Waals surface area (Å²) in [6, 6.07) is 9.18. The molecule has 0 spiro atoms. The Hall–Kier alpha value is -2.48. The van der Waals surface area contributed by atoms with Crippen LogP contribution in [0.25, 0.3) is 11.3 Å². The summed E-state index contributed by atoms with van der Waals surface area (Å²) < 4.78 is 51.0. The van der Waals surface area contributed by atoms with Gasteiger partial charge in [-0.05, 0) is 37.1 Å². The summed E-state index contributed by atoms with van der Waals surface area (Å²) in [5, 5.41) is 2.83. The topological polar surface area (TPSA) is 45.2 Å². The number of carbonyl (C=O) groups excluding carboxylic acids is 1. The van der Waals surface area contributed by atoms with Crippen LogP contribution < -0.4 is 5.32 Å². The van der Waals surface area contributed by atoms with Crippen molar-refractivity contribution in [3.63, 3.8) is 0 Å². The van der Waals surface area contributed by atoms with Gasteiger partial charge >= 0.3 is 6.18 Å². The van der Waals surface area contributed by atoms with Gasteiger partial charge < -0.3 is 5.32 Å². The third-order valence-corrected chi connectivity index (χ3v) is 4.50. The molecule has 4 nitrogen and oxygen atoms in total. The van der Waals surface area contributed by atoms with Crippen LogP contribution >= 0.6 is 0 Å². The lowest BCUT2D eigenvalue weighted by Crippen LogP contribution is -2.47.